The molecule has 0 unspecified atom stereocenters. The van der Waals surface area contributed by atoms with Crippen LogP contribution in [0.1, 0.15) is 26.5 Å². The summed E-state index contributed by atoms with van der Waals surface area (Å²) < 4.78 is 0. The van der Waals surface area contributed by atoms with Gasteiger partial charge in [0.1, 0.15) is 5.15 Å². The predicted octanol–water partition coefficient (Wildman–Crippen LogP) is 2.41. The average molecular weight is 244 g/mol. The first-order chi connectivity index (χ1) is 7.30. The van der Waals surface area contributed by atoms with Crippen molar-refractivity contribution in [1.82, 2.24) is 14.9 Å². The zero-order valence-corrected chi connectivity index (χ0v) is 10.2. The Kier molecular flexibility index (Phi) is 3.70. The third-order valence-corrected chi connectivity index (χ3v) is 2.20. The highest BCUT2D eigenvalue weighted by molar-refractivity contribution is 6.29. The lowest BCUT2D eigenvalue weighted by molar-refractivity contribution is 0.0946. The van der Waals surface area contributed by atoms with Gasteiger partial charge in [-0.2, -0.15) is 0 Å². The van der Waals surface area contributed by atoms with Gasteiger partial charge in [0.2, 0.25) is 0 Å². The molecule has 0 saturated carbocycles. The lowest BCUT2D eigenvalue weighted by atomic mass is 10.1. The molecule has 1 rings (SSSR count). The van der Waals surface area contributed by atoms with Crippen LogP contribution in [0.3, 0.4) is 0 Å². The van der Waals surface area contributed by atoms with Crippen LogP contribution in [-0.2, 0) is 6.54 Å². The van der Waals surface area contributed by atoms with E-state index in [9.17, 15) is 4.79 Å². The van der Waals surface area contributed by atoms with Gasteiger partial charge in [0.05, 0.1) is 24.6 Å². The predicted molar refractivity (Wildman–Crippen MR) is 60.4 cm³/mol. The Labute approximate surface area is 99.1 Å². The molecule has 0 spiro atoms. The van der Waals surface area contributed by atoms with E-state index in [2.05, 4.69) is 9.97 Å². The monoisotopic (exact) mass is 243 g/mol. The molecule has 88 valence electrons. The maximum Gasteiger partial charge on any atom is 0.408 e. The number of rotatable bonds is 2. The van der Waals surface area contributed by atoms with Gasteiger partial charge in [0.25, 0.3) is 0 Å². The Bertz CT molecular complexity index is 390. The Morgan fingerprint density at radius 1 is 1.50 bits per heavy atom. The molecular formula is C10H14ClN3O2. The van der Waals surface area contributed by atoms with Crippen molar-refractivity contribution < 1.29 is 9.90 Å². The summed E-state index contributed by atoms with van der Waals surface area (Å²) in [6.07, 6.45) is 1.93. The van der Waals surface area contributed by atoms with Gasteiger partial charge in [0.15, 0.2) is 0 Å². The molecule has 1 aromatic heterocycles. The molecule has 1 aromatic rings. The maximum atomic E-state index is 11.1. The molecule has 0 aliphatic rings. The largest absolute Gasteiger partial charge is 0.465 e. The van der Waals surface area contributed by atoms with Crippen molar-refractivity contribution in [2.75, 3.05) is 0 Å². The smallest absolute Gasteiger partial charge is 0.408 e. The van der Waals surface area contributed by atoms with Crippen LogP contribution >= 0.6 is 11.6 Å². The molecule has 5 nitrogen and oxygen atoms in total. The van der Waals surface area contributed by atoms with E-state index in [1.54, 1.807) is 0 Å². The topological polar surface area (TPSA) is 66.3 Å². The van der Waals surface area contributed by atoms with Crippen LogP contribution in [0.25, 0.3) is 0 Å². The van der Waals surface area contributed by atoms with Crippen LogP contribution in [0, 0.1) is 0 Å². The third-order valence-electron chi connectivity index (χ3n) is 2.02. The number of carboxylic acid groups (broad SMARTS) is 1. The minimum atomic E-state index is -0.991. The van der Waals surface area contributed by atoms with Gasteiger partial charge in [-0.3, -0.25) is 9.88 Å². The maximum absolute atomic E-state index is 11.1. The highest BCUT2D eigenvalue weighted by Gasteiger charge is 2.26. The van der Waals surface area contributed by atoms with E-state index in [1.165, 1.54) is 17.3 Å². The van der Waals surface area contributed by atoms with Crippen molar-refractivity contribution in [2.45, 2.75) is 32.9 Å². The van der Waals surface area contributed by atoms with E-state index in [4.69, 9.17) is 16.7 Å². The van der Waals surface area contributed by atoms with E-state index >= 15 is 0 Å². The zero-order valence-electron chi connectivity index (χ0n) is 9.44. The summed E-state index contributed by atoms with van der Waals surface area (Å²) in [5.74, 6) is 0. The molecule has 0 radical (unpaired) electrons. The lowest BCUT2D eigenvalue weighted by Crippen LogP contribution is -2.44. The number of nitrogens with zero attached hydrogens (tertiary/aromatic N) is 3. The van der Waals surface area contributed by atoms with E-state index in [0.29, 0.717) is 5.69 Å². The second-order valence-corrected chi connectivity index (χ2v) is 4.76. The van der Waals surface area contributed by atoms with Crippen LogP contribution < -0.4 is 0 Å². The van der Waals surface area contributed by atoms with Crippen molar-refractivity contribution in [3.63, 3.8) is 0 Å². The van der Waals surface area contributed by atoms with E-state index in [0.717, 1.165) is 0 Å². The minimum absolute atomic E-state index is 0.173. The molecule has 0 bridgehead atoms. The number of carbonyl (C=O) groups is 1. The van der Waals surface area contributed by atoms with Crippen LogP contribution in [-0.4, -0.2) is 31.6 Å². The highest BCUT2D eigenvalue weighted by Crippen LogP contribution is 2.16. The third kappa shape index (κ3) is 3.34. The van der Waals surface area contributed by atoms with Crippen molar-refractivity contribution in [3.05, 3.63) is 23.2 Å². The Hall–Kier alpha value is -1.36. The van der Waals surface area contributed by atoms with E-state index < -0.39 is 11.6 Å². The quantitative estimate of drug-likeness (QED) is 0.866. The molecule has 0 atom stereocenters. The lowest BCUT2D eigenvalue weighted by Gasteiger charge is -2.32. The molecule has 0 aliphatic heterocycles. The van der Waals surface area contributed by atoms with Gasteiger partial charge < -0.3 is 5.11 Å². The first-order valence-corrected chi connectivity index (χ1v) is 5.15. The Balaban J connectivity index is 2.89. The first-order valence-electron chi connectivity index (χ1n) is 4.77. The van der Waals surface area contributed by atoms with Crippen molar-refractivity contribution >= 4 is 17.7 Å². The normalized spacial score (nSPS) is 11.2. The molecule has 0 aliphatic carbocycles. The summed E-state index contributed by atoms with van der Waals surface area (Å²) in [6.45, 7) is 5.63. The molecule has 0 saturated heterocycles. The molecule has 16 heavy (non-hydrogen) atoms. The molecule has 1 N–H and O–H groups in total. The number of amides is 1. The summed E-state index contributed by atoms with van der Waals surface area (Å²) in [5, 5.41) is 9.35. The minimum Gasteiger partial charge on any atom is -0.465 e. The Morgan fingerprint density at radius 3 is 2.56 bits per heavy atom. The molecule has 6 heteroatoms. The fourth-order valence-corrected chi connectivity index (χ4v) is 1.37. The highest BCUT2D eigenvalue weighted by atomic mass is 35.5. The standard InChI is InChI=1S/C10H14ClN3O2/c1-10(2,3)14(9(15)16)6-7-4-12-5-8(11)13-7/h4-5H,6H2,1-3H3,(H,15,16). The second-order valence-electron chi connectivity index (χ2n) is 4.37. The van der Waals surface area contributed by atoms with Crippen molar-refractivity contribution in [1.29, 1.82) is 0 Å². The fraction of sp³-hybridized carbons (Fsp3) is 0.500. The molecule has 1 amide bonds. The summed E-state index contributed by atoms with van der Waals surface area (Å²) in [4.78, 5) is 20.2. The van der Waals surface area contributed by atoms with Gasteiger partial charge in [-0.15, -0.1) is 0 Å². The molecule has 1 heterocycles. The second kappa shape index (κ2) is 4.65. The van der Waals surface area contributed by atoms with Gasteiger partial charge >= 0.3 is 6.09 Å². The summed E-state index contributed by atoms with van der Waals surface area (Å²) >= 11 is 5.68. The van der Waals surface area contributed by atoms with Crippen LogP contribution in [0.2, 0.25) is 5.15 Å². The van der Waals surface area contributed by atoms with Gasteiger partial charge in [-0.05, 0) is 20.8 Å². The molecule has 0 aromatic carbocycles. The summed E-state index contributed by atoms with van der Waals surface area (Å²) in [7, 11) is 0. The number of aromatic nitrogens is 2. The van der Waals surface area contributed by atoms with Gasteiger partial charge in [0, 0.05) is 5.54 Å². The van der Waals surface area contributed by atoms with Crippen molar-refractivity contribution in [2.24, 2.45) is 0 Å². The molecule has 0 fully saturated rings. The molecular weight excluding hydrogens is 230 g/mol. The fourth-order valence-electron chi connectivity index (χ4n) is 1.21. The van der Waals surface area contributed by atoms with E-state index in [-0.39, 0.29) is 11.7 Å². The number of hydrogen-bond donors (Lipinski definition) is 1. The van der Waals surface area contributed by atoms with Crippen molar-refractivity contribution in [3.8, 4) is 0 Å². The Morgan fingerprint density at radius 2 is 2.12 bits per heavy atom. The number of hydrogen-bond acceptors (Lipinski definition) is 3. The van der Waals surface area contributed by atoms with Crippen LogP contribution in [0.4, 0.5) is 4.79 Å². The summed E-state index contributed by atoms with van der Waals surface area (Å²) in [6, 6.07) is 0. The number of halogens is 1. The van der Waals surface area contributed by atoms with Gasteiger partial charge in [-0.1, -0.05) is 11.6 Å². The zero-order chi connectivity index (χ0) is 12.3. The van der Waals surface area contributed by atoms with Crippen LogP contribution in [0.15, 0.2) is 12.4 Å². The van der Waals surface area contributed by atoms with E-state index in [1.807, 2.05) is 20.8 Å². The SMILES string of the molecule is CC(C)(C)N(Cc1cncc(Cl)n1)C(=O)O. The summed E-state index contributed by atoms with van der Waals surface area (Å²) in [5.41, 5.74) is 0.0420. The average Bonchev–Trinajstić information content (AvgIpc) is 2.12. The van der Waals surface area contributed by atoms with Crippen LogP contribution in [0.5, 0.6) is 0 Å². The van der Waals surface area contributed by atoms with Gasteiger partial charge in [-0.25, -0.2) is 9.78 Å². The first kappa shape index (κ1) is 12.7.